The summed E-state index contributed by atoms with van der Waals surface area (Å²) in [6.45, 7) is 6.23. The van der Waals surface area contributed by atoms with E-state index in [0.29, 0.717) is 6.42 Å². The average molecular weight is 238 g/mol. The lowest BCUT2D eigenvalue weighted by atomic mass is 10.2. The summed E-state index contributed by atoms with van der Waals surface area (Å²) < 4.78 is 19.8. The van der Waals surface area contributed by atoms with Crippen LogP contribution in [0.3, 0.4) is 0 Å². The highest BCUT2D eigenvalue weighted by atomic mass is 31.2. The topological polar surface area (TPSA) is 93.1 Å². The molecule has 0 aromatic rings. The van der Waals surface area contributed by atoms with Crippen molar-refractivity contribution in [2.75, 3.05) is 0 Å². The Labute approximate surface area is 88.1 Å². The molecule has 0 bridgehead atoms. The number of hydrogen-bond donors (Lipinski definition) is 2. The zero-order valence-electron chi connectivity index (χ0n) is 8.67. The van der Waals surface area contributed by atoms with Crippen LogP contribution < -0.4 is 0 Å². The van der Waals surface area contributed by atoms with Gasteiger partial charge in [0.05, 0.1) is 0 Å². The zero-order chi connectivity index (χ0) is 12.1. The lowest BCUT2D eigenvalue weighted by Crippen LogP contribution is -2.33. The molecule has 0 aromatic heterocycles. The van der Waals surface area contributed by atoms with Gasteiger partial charge in [-0.3, -0.25) is 0 Å². The Bertz CT molecular complexity index is 283. The first-order valence-corrected chi connectivity index (χ1v) is 5.87. The molecule has 0 spiro atoms. The maximum Gasteiger partial charge on any atom is 0.472 e. The van der Waals surface area contributed by atoms with Crippen LogP contribution in [-0.4, -0.2) is 21.5 Å². The molecule has 15 heavy (non-hydrogen) atoms. The molecule has 1 unspecified atom stereocenters. The maximum absolute atomic E-state index is 10.9. The first-order chi connectivity index (χ1) is 6.72. The van der Waals surface area contributed by atoms with Gasteiger partial charge >= 0.3 is 13.8 Å². The van der Waals surface area contributed by atoms with Gasteiger partial charge in [0, 0.05) is 19.4 Å². The summed E-state index contributed by atoms with van der Waals surface area (Å²) in [4.78, 5) is 28.2. The van der Waals surface area contributed by atoms with Crippen LogP contribution >= 0.6 is 7.82 Å². The van der Waals surface area contributed by atoms with Crippen LogP contribution in [0.1, 0.15) is 26.7 Å². The average Bonchev–Trinajstić information content (AvgIpc) is 2.00. The third-order valence-corrected chi connectivity index (χ3v) is 2.12. The highest BCUT2D eigenvalue weighted by molar-refractivity contribution is 7.46. The lowest BCUT2D eigenvalue weighted by molar-refractivity contribution is -0.192. The molecule has 0 rings (SSSR count). The van der Waals surface area contributed by atoms with Gasteiger partial charge < -0.3 is 14.5 Å². The minimum absolute atomic E-state index is 0.178. The fourth-order valence-electron chi connectivity index (χ4n) is 1.08. The molecule has 1 atom stereocenters. The molecule has 0 radical (unpaired) electrons. The number of hydrogen-bond acceptors (Lipinski definition) is 4. The van der Waals surface area contributed by atoms with Gasteiger partial charge in [0.1, 0.15) is 0 Å². The molecule has 0 aliphatic rings. The van der Waals surface area contributed by atoms with Crippen molar-refractivity contribution in [1.82, 2.24) is 0 Å². The first-order valence-electron chi connectivity index (χ1n) is 4.34. The number of carbonyl (C=O) groups is 1. The van der Waals surface area contributed by atoms with Gasteiger partial charge in [-0.25, -0.2) is 13.9 Å². The summed E-state index contributed by atoms with van der Waals surface area (Å²) in [6, 6.07) is 0. The van der Waals surface area contributed by atoms with Crippen molar-refractivity contribution < 1.29 is 28.4 Å². The maximum atomic E-state index is 10.9. The van der Waals surface area contributed by atoms with E-state index < -0.39 is 19.6 Å². The van der Waals surface area contributed by atoms with E-state index in [-0.39, 0.29) is 6.42 Å². The van der Waals surface area contributed by atoms with Gasteiger partial charge in [-0.1, -0.05) is 13.5 Å². The Kier molecular flexibility index (Phi) is 5.17. The molecule has 88 valence electrons. The van der Waals surface area contributed by atoms with Crippen LogP contribution in [0.15, 0.2) is 12.7 Å². The van der Waals surface area contributed by atoms with Crippen molar-refractivity contribution in [1.29, 1.82) is 0 Å². The van der Waals surface area contributed by atoms with Gasteiger partial charge in [-0.05, 0) is 6.42 Å². The van der Waals surface area contributed by atoms with Gasteiger partial charge in [0.25, 0.3) is 0 Å². The first kappa shape index (κ1) is 14.3. The van der Waals surface area contributed by atoms with Crippen molar-refractivity contribution in [3.8, 4) is 0 Å². The van der Waals surface area contributed by atoms with E-state index in [0.717, 1.165) is 6.08 Å². The van der Waals surface area contributed by atoms with E-state index in [1.807, 2.05) is 0 Å². The molecule has 0 aliphatic carbocycles. The van der Waals surface area contributed by atoms with Crippen LogP contribution in [0.2, 0.25) is 0 Å². The Morgan fingerprint density at radius 3 is 2.47 bits per heavy atom. The van der Waals surface area contributed by atoms with E-state index in [1.54, 1.807) is 6.92 Å². The molecular weight excluding hydrogens is 223 g/mol. The molecule has 0 saturated carbocycles. The van der Waals surface area contributed by atoms with Crippen LogP contribution in [0, 0.1) is 0 Å². The summed E-state index contributed by atoms with van der Waals surface area (Å²) >= 11 is 0. The van der Waals surface area contributed by atoms with Gasteiger partial charge in [0.2, 0.25) is 5.79 Å². The SMILES string of the molecule is C=CC(=O)OC(C)(CCC)OP(=O)(O)O. The van der Waals surface area contributed by atoms with E-state index in [2.05, 4.69) is 11.1 Å². The molecule has 2 N–H and O–H groups in total. The minimum Gasteiger partial charge on any atom is -0.430 e. The molecule has 0 amide bonds. The predicted molar refractivity (Wildman–Crippen MR) is 52.7 cm³/mol. The molecule has 0 aliphatic heterocycles. The monoisotopic (exact) mass is 238 g/mol. The van der Waals surface area contributed by atoms with Gasteiger partial charge in [-0.2, -0.15) is 0 Å². The van der Waals surface area contributed by atoms with Crippen LogP contribution in [0.4, 0.5) is 0 Å². The highest BCUT2D eigenvalue weighted by Gasteiger charge is 2.35. The zero-order valence-corrected chi connectivity index (χ0v) is 9.57. The Morgan fingerprint density at radius 2 is 2.13 bits per heavy atom. The van der Waals surface area contributed by atoms with E-state index in [4.69, 9.17) is 14.5 Å². The summed E-state index contributed by atoms with van der Waals surface area (Å²) in [6.07, 6.45) is 1.62. The van der Waals surface area contributed by atoms with Crippen LogP contribution in [0.5, 0.6) is 0 Å². The summed E-state index contributed by atoms with van der Waals surface area (Å²) in [5.74, 6) is -2.42. The Hall–Kier alpha value is -0.680. The number of carbonyl (C=O) groups excluding carboxylic acids is 1. The fraction of sp³-hybridized carbons (Fsp3) is 0.625. The van der Waals surface area contributed by atoms with Crippen molar-refractivity contribution in [3.63, 3.8) is 0 Å². The molecule has 0 heterocycles. The van der Waals surface area contributed by atoms with E-state index >= 15 is 0 Å². The van der Waals surface area contributed by atoms with E-state index in [9.17, 15) is 9.36 Å². The summed E-state index contributed by atoms with van der Waals surface area (Å²) in [5, 5.41) is 0. The molecular formula is C8H15O6P. The smallest absolute Gasteiger partial charge is 0.430 e. The van der Waals surface area contributed by atoms with Gasteiger partial charge in [-0.15, -0.1) is 0 Å². The number of rotatable bonds is 6. The highest BCUT2D eigenvalue weighted by Crippen LogP contribution is 2.43. The van der Waals surface area contributed by atoms with Crippen LogP contribution in [0.25, 0.3) is 0 Å². The number of ether oxygens (including phenoxy) is 1. The second-order valence-electron chi connectivity index (χ2n) is 3.09. The van der Waals surface area contributed by atoms with Gasteiger partial charge in [0.15, 0.2) is 0 Å². The predicted octanol–water partition coefficient (Wildman–Crippen LogP) is 1.34. The molecule has 0 saturated heterocycles. The standard InChI is InChI=1S/C8H15O6P/c1-4-6-8(3,13-7(9)5-2)14-15(10,11)12/h5H,2,4,6H2,1,3H3,(H2,10,11,12). The Balaban J connectivity index is 4.65. The molecule has 7 heteroatoms. The van der Waals surface area contributed by atoms with Crippen LogP contribution in [-0.2, 0) is 18.6 Å². The molecule has 0 fully saturated rings. The quantitative estimate of drug-likeness (QED) is 0.314. The third-order valence-electron chi connectivity index (χ3n) is 1.50. The number of phosphoric ester groups is 1. The summed E-state index contributed by atoms with van der Waals surface area (Å²) in [5.41, 5.74) is 0. The fourth-order valence-corrected chi connectivity index (χ4v) is 1.71. The van der Waals surface area contributed by atoms with Crippen molar-refractivity contribution in [2.24, 2.45) is 0 Å². The summed E-state index contributed by atoms with van der Waals surface area (Å²) in [7, 11) is -4.70. The van der Waals surface area contributed by atoms with Crippen molar-refractivity contribution in [3.05, 3.63) is 12.7 Å². The lowest BCUT2D eigenvalue weighted by Gasteiger charge is -2.28. The largest absolute Gasteiger partial charge is 0.472 e. The van der Waals surface area contributed by atoms with E-state index in [1.165, 1.54) is 6.92 Å². The molecule has 6 nitrogen and oxygen atoms in total. The minimum atomic E-state index is -4.70. The number of phosphoric acid groups is 1. The van der Waals surface area contributed by atoms with Crippen molar-refractivity contribution >= 4 is 13.8 Å². The second kappa shape index (κ2) is 5.42. The Morgan fingerprint density at radius 1 is 1.60 bits per heavy atom. The second-order valence-corrected chi connectivity index (χ2v) is 4.25. The normalized spacial score (nSPS) is 15.5. The number of esters is 1. The third kappa shape index (κ3) is 6.41. The molecule has 0 aromatic carbocycles. The van der Waals surface area contributed by atoms with Crippen molar-refractivity contribution in [2.45, 2.75) is 32.5 Å².